The zero-order valence-corrected chi connectivity index (χ0v) is 18.7. The summed E-state index contributed by atoms with van der Waals surface area (Å²) in [5.41, 5.74) is 4.44. The number of hydrogen-bond acceptors (Lipinski definition) is 4. The van der Waals surface area contributed by atoms with E-state index in [0.717, 1.165) is 24.0 Å². The Morgan fingerprint density at radius 3 is 2.39 bits per heavy atom. The van der Waals surface area contributed by atoms with Crippen molar-refractivity contribution < 1.29 is 4.79 Å². The van der Waals surface area contributed by atoms with Crippen LogP contribution in [0.4, 0.5) is 0 Å². The summed E-state index contributed by atoms with van der Waals surface area (Å²) < 4.78 is 0. The van der Waals surface area contributed by atoms with Crippen molar-refractivity contribution in [1.82, 2.24) is 20.3 Å². The molecule has 1 atom stereocenters. The first kappa shape index (κ1) is 22.1. The van der Waals surface area contributed by atoms with E-state index in [2.05, 4.69) is 40.2 Å². The van der Waals surface area contributed by atoms with Gasteiger partial charge in [-0.2, -0.15) is 0 Å². The van der Waals surface area contributed by atoms with Crippen LogP contribution in [-0.4, -0.2) is 20.9 Å². The molecule has 2 N–H and O–H groups in total. The normalized spacial score (nSPS) is 11.7. The van der Waals surface area contributed by atoms with Gasteiger partial charge in [0.25, 0.3) is 11.5 Å². The maximum atomic E-state index is 13.2. The largest absolute Gasteiger partial charge is 0.341 e. The van der Waals surface area contributed by atoms with Gasteiger partial charge in [0.05, 0.1) is 6.04 Å². The average Bonchev–Trinajstić information content (AvgIpc) is 2.87. The van der Waals surface area contributed by atoms with Crippen LogP contribution in [-0.2, 0) is 12.8 Å². The van der Waals surface area contributed by atoms with Crippen molar-refractivity contribution >= 4 is 5.91 Å². The topological polar surface area (TPSA) is 87.7 Å². The minimum absolute atomic E-state index is 0.0414. The molecule has 6 heteroatoms. The molecule has 6 nitrogen and oxygen atoms in total. The molecule has 166 valence electrons. The lowest BCUT2D eigenvalue weighted by atomic mass is 9.89. The highest BCUT2D eigenvalue weighted by atomic mass is 16.2. The van der Waals surface area contributed by atoms with Gasteiger partial charge in [-0.25, -0.2) is 4.98 Å². The summed E-state index contributed by atoms with van der Waals surface area (Å²) in [4.78, 5) is 37.1. The van der Waals surface area contributed by atoms with Gasteiger partial charge < -0.3 is 10.3 Å². The molecule has 1 amide bonds. The first-order chi connectivity index (χ1) is 16.1. The third kappa shape index (κ3) is 4.75. The Balaban J connectivity index is 1.71. The Morgan fingerprint density at radius 2 is 1.73 bits per heavy atom. The number of aryl methyl sites for hydroxylation is 1. The second kappa shape index (κ2) is 10.0. The van der Waals surface area contributed by atoms with Gasteiger partial charge in [-0.15, -0.1) is 0 Å². The minimum atomic E-state index is -0.506. The fraction of sp³-hybridized carbons (Fsp3) is 0.185. The van der Waals surface area contributed by atoms with Crippen molar-refractivity contribution in [3.8, 4) is 11.5 Å². The maximum absolute atomic E-state index is 13.2. The van der Waals surface area contributed by atoms with Gasteiger partial charge in [0.15, 0.2) is 5.82 Å². The third-order valence-corrected chi connectivity index (χ3v) is 5.71. The number of pyridine rings is 1. The number of carbonyl (C=O) groups excluding carboxylic acids is 1. The number of carbonyl (C=O) groups is 1. The molecule has 0 radical (unpaired) electrons. The van der Waals surface area contributed by atoms with Crippen LogP contribution in [0, 0.1) is 0 Å². The molecule has 0 aliphatic heterocycles. The monoisotopic (exact) mass is 438 g/mol. The number of rotatable bonds is 7. The molecule has 2 aromatic carbocycles. The van der Waals surface area contributed by atoms with Crippen molar-refractivity contribution in [3.05, 3.63) is 117 Å². The van der Waals surface area contributed by atoms with Crippen molar-refractivity contribution in [2.45, 2.75) is 32.7 Å². The zero-order chi connectivity index (χ0) is 23.2. The number of benzene rings is 2. The van der Waals surface area contributed by atoms with Gasteiger partial charge in [-0.1, -0.05) is 68.4 Å². The molecule has 1 unspecified atom stereocenters. The summed E-state index contributed by atoms with van der Waals surface area (Å²) in [6.07, 6.45) is 4.68. The summed E-state index contributed by atoms with van der Waals surface area (Å²) in [6, 6.07) is 20.9. The van der Waals surface area contributed by atoms with E-state index >= 15 is 0 Å². The first-order valence-corrected chi connectivity index (χ1v) is 11.1. The van der Waals surface area contributed by atoms with E-state index in [0.29, 0.717) is 11.5 Å². The minimum Gasteiger partial charge on any atom is -0.341 e. The predicted octanol–water partition coefficient (Wildman–Crippen LogP) is 4.48. The van der Waals surface area contributed by atoms with Crippen LogP contribution in [0.15, 0.2) is 83.9 Å². The highest BCUT2D eigenvalue weighted by Crippen LogP contribution is 2.28. The lowest BCUT2D eigenvalue weighted by molar-refractivity contribution is 0.0941. The van der Waals surface area contributed by atoms with Gasteiger partial charge in [-0.3, -0.25) is 14.6 Å². The number of hydrogen-bond donors (Lipinski definition) is 2. The highest BCUT2D eigenvalue weighted by Gasteiger charge is 2.23. The summed E-state index contributed by atoms with van der Waals surface area (Å²) in [7, 11) is 0. The number of aromatic nitrogens is 3. The standard InChI is InChI=1S/C27H26N4O2/c1-3-18-13-10-14-21(20(18)4-2)24(19-11-6-5-7-12-19)30-26(32)22-17-29-25(31-27(22)33)23-15-8-9-16-28-23/h5-17,24H,3-4H2,1-2H3,(H,30,32)(H,29,31,33). The summed E-state index contributed by atoms with van der Waals surface area (Å²) in [6.45, 7) is 4.25. The van der Waals surface area contributed by atoms with Gasteiger partial charge in [0.2, 0.25) is 0 Å². The molecule has 0 bridgehead atoms. The van der Waals surface area contributed by atoms with Crippen LogP contribution in [0.2, 0.25) is 0 Å². The van der Waals surface area contributed by atoms with E-state index in [1.165, 1.54) is 17.3 Å². The van der Waals surface area contributed by atoms with E-state index in [9.17, 15) is 9.59 Å². The number of amides is 1. The molecular weight excluding hydrogens is 412 g/mol. The molecule has 0 saturated heterocycles. The average molecular weight is 439 g/mol. The van der Waals surface area contributed by atoms with Gasteiger partial charge in [-0.05, 0) is 47.2 Å². The van der Waals surface area contributed by atoms with E-state index in [1.807, 2.05) is 48.5 Å². The fourth-order valence-corrected chi connectivity index (χ4v) is 4.07. The quantitative estimate of drug-likeness (QED) is 0.445. The van der Waals surface area contributed by atoms with Crippen LogP contribution in [0.3, 0.4) is 0 Å². The number of H-pyrrole nitrogens is 1. The van der Waals surface area contributed by atoms with Crippen LogP contribution in [0.25, 0.3) is 11.5 Å². The molecule has 0 fully saturated rings. The Bertz CT molecular complexity index is 1300. The van der Waals surface area contributed by atoms with E-state index < -0.39 is 17.5 Å². The molecule has 4 rings (SSSR count). The lowest BCUT2D eigenvalue weighted by Gasteiger charge is -2.24. The SMILES string of the molecule is CCc1cccc(C(NC(=O)c2cnc(-c3ccccn3)[nH]c2=O)c2ccccc2)c1CC. The van der Waals surface area contributed by atoms with Crippen molar-refractivity contribution in [2.24, 2.45) is 0 Å². The summed E-state index contributed by atoms with van der Waals surface area (Å²) >= 11 is 0. The van der Waals surface area contributed by atoms with Crippen LogP contribution in [0.1, 0.15) is 52.5 Å². The van der Waals surface area contributed by atoms with Crippen molar-refractivity contribution in [2.75, 3.05) is 0 Å². The van der Waals surface area contributed by atoms with Crippen molar-refractivity contribution in [1.29, 1.82) is 0 Å². The van der Waals surface area contributed by atoms with Crippen LogP contribution >= 0.6 is 0 Å². The van der Waals surface area contributed by atoms with E-state index in [4.69, 9.17) is 0 Å². The number of nitrogens with one attached hydrogen (secondary N) is 2. The van der Waals surface area contributed by atoms with Crippen LogP contribution in [0.5, 0.6) is 0 Å². The molecule has 4 aromatic rings. The maximum Gasteiger partial charge on any atom is 0.264 e. The first-order valence-electron chi connectivity index (χ1n) is 11.1. The fourth-order valence-electron chi connectivity index (χ4n) is 4.07. The highest BCUT2D eigenvalue weighted by molar-refractivity contribution is 5.94. The summed E-state index contributed by atoms with van der Waals surface area (Å²) in [5.74, 6) is -0.158. The van der Waals surface area contributed by atoms with Crippen LogP contribution < -0.4 is 10.9 Å². The smallest absolute Gasteiger partial charge is 0.264 e. The molecule has 2 heterocycles. The Kier molecular flexibility index (Phi) is 6.74. The van der Waals surface area contributed by atoms with E-state index in [1.54, 1.807) is 18.3 Å². The molecule has 0 saturated carbocycles. The molecule has 0 aliphatic rings. The van der Waals surface area contributed by atoms with Gasteiger partial charge in [0.1, 0.15) is 11.3 Å². The Morgan fingerprint density at radius 1 is 0.939 bits per heavy atom. The lowest BCUT2D eigenvalue weighted by Crippen LogP contribution is -2.34. The zero-order valence-electron chi connectivity index (χ0n) is 18.7. The molecule has 0 spiro atoms. The molecular formula is C27H26N4O2. The Hall–Kier alpha value is -4.06. The number of aromatic amines is 1. The van der Waals surface area contributed by atoms with Crippen molar-refractivity contribution in [3.63, 3.8) is 0 Å². The molecule has 2 aromatic heterocycles. The second-order valence-corrected chi connectivity index (χ2v) is 7.70. The molecule has 33 heavy (non-hydrogen) atoms. The summed E-state index contributed by atoms with van der Waals surface area (Å²) in [5, 5.41) is 3.08. The second-order valence-electron chi connectivity index (χ2n) is 7.70. The molecule has 0 aliphatic carbocycles. The van der Waals surface area contributed by atoms with E-state index in [-0.39, 0.29) is 5.56 Å². The predicted molar refractivity (Wildman–Crippen MR) is 129 cm³/mol. The van der Waals surface area contributed by atoms with Gasteiger partial charge >= 0.3 is 0 Å². The Labute approximate surface area is 192 Å². The third-order valence-electron chi connectivity index (χ3n) is 5.71. The van der Waals surface area contributed by atoms with Gasteiger partial charge in [0, 0.05) is 12.4 Å². The number of nitrogens with zero attached hydrogens (tertiary/aromatic N) is 2.